The maximum atomic E-state index is 3.38. The first-order valence-electron chi connectivity index (χ1n) is 4.62. The van der Waals surface area contributed by atoms with Gasteiger partial charge in [-0.25, -0.2) is 0 Å². The zero-order valence-electron chi connectivity index (χ0n) is 7.93. The molecule has 1 aliphatic rings. The Kier molecular flexibility index (Phi) is 3.34. The molecule has 11 heavy (non-hydrogen) atoms. The van der Waals surface area contributed by atoms with Gasteiger partial charge in [0.1, 0.15) is 0 Å². The van der Waals surface area contributed by atoms with Crippen molar-refractivity contribution in [3.05, 3.63) is 0 Å². The van der Waals surface area contributed by atoms with Gasteiger partial charge in [-0.05, 0) is 19.3 Å². The molecule has 0 aliphatic heterocycles. The van der Waals surface area contributed by atoms with Gasteiger partial charge in [-0.2, -0.15) is 0 Å². The Morgan fingerprint density at radius 1 is 1.45 bits per heavy atom. The van der Waals surface area contributed by atoms with Gasteiger partial charge in [0.05, 0.1) is 0 Å². The normalized spacial score (nSPS) is 21.8. The van der Waals surface area contributed by atoms with Crippen molar-refractivity contribution < 1.29 is 0 Å². The molecule has 0 amide bonds. The first-order chi connectivity index (χ1) is 5.18. The molecule has 1 N–H and O–H groups in total. The Morgan fingerprint density at radius 3 is 2.45 bits per heavy atom. The van der Waals surface area contributed by atoms with Crippen molar-refractivity contribution in [2.75, 3.05) is 14.1 Å². The molecule has 1 fully saturated rings. The van der Waals surface area contributed by atoms with Gasteiger partial charge in [-0.15, -0.1) is 0 Å². The van der Waals surface area contributed by atoms with Gasteiger partial charge in [-0.3, -0.25) is 10.4 Å². The minimum atomic E-state index is 0.648. The van der Waals surface area contributed by atoms with Gasteiger partial charge >= 0.3 is 0 Å². The van der Waals surface area contributed by atoms with E-state index in [-0.39, 0.29) is 0 Å². The van der Waals surface area contributed by atoms with Crippen molar-refractivity contribution >= 4 is 0 Å². The van der Waals surface area contributed by atoms with Gasteiger partial charge < -0.3 is 0 Å². The van der Waals surface area contributed by atoms with Crippen molar-refractivity contribution in [2.24, 2.45) is 5.92 Å². The van der Waals surface area contributed by atoms with Crippen molar-refractivity contribution in [1.82, 2.24) is 10.4 Å². The van der Waals surface area contributed by atoms with E-state index < -0.39 is 0 Å². The molecule has 0 aromatic heterocycles. The first-order valence-corrected chi connectivity index (χ1v) is 4.62. The molecule has 0 spiro atoms. The number of hydrazine groups is 1. The molecule has 1 rings (SSSR count). The second-order valence-electron chi connectivity index (χ2n) is 3.96. The minimum absolute atomic E-state index is 0.648. The molecule has 0 radical (unpaired) electrons. The third-order valence-corrected chi connectivity index (χ3v) is 2.39. The monoisotopic (exact) mass is 156 g/mol. The van der Waals surface area contributed by atoms with E-state index in [0.29, 0.717) is 6.04 Å². The molecule has 0 aromatic carbocycles. The topological polar surface area (TPSA) is 15.3 Å². The molecule has 0 saturated heterocycles. The predicted molar refractivity (Wildman–Crippen MR) is 48.2 cm³/mol. The lowest BCUT2D eigenvalue weighted by molar-refractivity contribution is 0.196. The number of hydrogen-bond donors (Lipinski definition) is 1. The second-order valence-corrected chi connectivity index (χ2v) is 3.96. The largest absolute Gasteiger partial charge is 0.253 e. The molecular formula is C9H20N2. The lowest BCUT2D eigenvalue weighted by Crippen LogP contribution is -2.39. The quantitative estimate of drug-likeness (QED) is 0.622. The first kappa shape index (κ1) is 9.01. The van der Waals surface area contributed by atoms with E-state index in [2.05, 4.69) is 26.4 Å². The Morgan fingerprint density at radius 2 is 2.09 bits per heavy atom. The van der Waals surface area contributed by atoms with E-state index >= 15 is 0 Å². The van der Waals surface area contributed by atoms with E-state index in [4.69, 9.17) is 0 Å². The van der Waals surface area contributed by atoms with Gasteiger partial charge in [-0.1, -0.05) is 19.3 Å². The summed E-state index contributed by atoms with van der Waals surface area (Å²) < 4.78 is 0. The lowest BCUT2D eigenvalue weighted by Gasteiger charge is -2.29. The lowest BCUT2D eigenvalue weighted by atomic mass is 9.81. The van der Waals surface area contributed by atoms with Crippen molar-refractivity contribution in [2.45, 2.75) is 38.6 Å². The van der Waals surface area contributed by atoms with Crippen LogP contribution in [0.4, 0.5) is 0 Å². The summed E-state index contributed by atoms with van der Waals surface area (Å²) in [6.07, 6.45) is 5.72. The zero-order valence-corrected chi connectivity index (χ0v) is 7.93. The van der Waals surface area contributed by atoms with Crippen LogP contribution < -0.4 is 5.43 Å². The second kappa shape index (κ2) is 4.07. The molecule has 1 saturated carbocycles. The van der Waals surface area contributed by atoms with Gasteiger partial charge in [0.25, 0.3) is 0 Å². The highest BCUT2D eigenvalue weighted by Crippen LogP contribution is 2.30. The molecular weight excluding hydrogens is 136 g/mol. The SMILES string of the molecule is CC(CC1CCC1)NN(C)C. The fraction of sp³-hybridized carbons (Fsp3) is 1.00. The van der Waals surface area contributed by atoms with E-state index in [1.165, 1.54) is 25.7 Å². The van der Waals surface area contributed by atoms with Crippen molar-refractivity contribution in [3.63, 3.8) is 0 Å². The molecule has 0 heterocycles. The van der Waals surface area contributed by atoms with E-state index in [1.807, 2.05) is 5.01 Å². The van der Waals surface area contributed by atoms with Crippen LogP contribution in [0.1, 0.15) is 32.6 Å². The third kappa shape index (κ3) is 3.21. The van der Waals surface area contributed by atoms with Crippen LogP contribution in [-0.2, 0) is 0 Å². The van der Waals surface area contributed by atoms with Gasteiger partial charge in [0.2, 0.25) is 0 Å². The number of hydrogen-bond acceptors (Lipinski definition) is 2. The standard InChI is InChI=1S/C9H20N2/c1-8(10-11(2)3)7-9-5-4-6-9/h8-10H,4-7H2,1-3H3. The fourth-order valence-corrected chi connectivity index (χ4v) is 1.72. The summed E-state index contributed by atoms with van der Waals surface area (Å²) in [5, 5.41) is 2.04. The summed E-state index contributed by atoms with van der Waals surface area (Å²) in [5.74, 6) is 1.01. The van der Waals surface area contributed by atoms with E-state index in [1.54, 1.807) is 0 Å². The smallest absolute Gasteiger partial charge is 0.0189 e. The summed E-state index contributed by atoms with van der Waals surface area (Å²) in [5.41, 5.74) is 3.38. The van der Waals surface area contributed by atoms with Crippen LogP contribution in [0.25, 0.3) is 0 Å². The number of nitrogens with zero attached hydrogens (tertiary/aromatic N) is 1. The Balaban J connectivity index is 2.04. The summed E-state index contributed by atoms with van der Waals surface area (Å²) in [6.45, 7) is 2.26. The summed E-state index contributed by atoms with van der Waals surface area (Å²) in [6, 6.07) is 0.648. The summed E-state index contributed by atoms with van der Waals surface area (Å²) in [4.78, 5) is 0. The Labute approximate surface area is 69.9 Å². The maximum Gasteiger partial charge on any atom is 0.0189 e. The van der Waals surface area contributed by atoms with E-state index in [0.717, 1.165) is 5.92 Å². The Bertz CT molecular complexity index is 108. The summed E-state index contributed by atoms with van der Waals surface area (Å²) in [7, 11) is 4.11. The van der Waals surface area contributed by atoms with Gasteiger partial charge in [0.15, 0.2) is 0 Å². The van der Waals surface area contributed by atoms with Crippen molar-refractivity contribution in [3.8, 4) is 0 Å². The number of rotatable bonds is 4. The highest BCUT2D eigenvalue weighted by Gasteiger charge is 2.19. The molecule has 2 nitrogen and oxygen atoms in total. The van der Waals surface area contributed by atoms with Crippen LogP contribution in [0.15, 0.2) is 0 Å². The molecule has 1 unspecified atom stereocenters. The fourth-order valence-electron chi connectivity index (χ4n) is 1.72. The van der Waals surface area contributed by atoms with Gasteiger partial charge in [0, 0.05) is 20.1 Å². The molecule has 0 aromatic rings. The minimum Gasteiger partial charge on any atom is -0.253 e. The highest BCUT2D eigenvalue weighted by atomic mass is 15.5. The van der Waals surface area contributed by atoms with Crippen LogP contribution in [0.3, 0.4) is 0 Å². The van der Waals surface area contributed by atoms with E-state index in [9.17, 15) is 0 Å². The highest BCUT2D eigenvalue weighted by molar-refractivity contribution is 4.73. The average Bonchev–Trinajstić information content (AvgIpc) is 1.77. The molecule has 2 heteroatoms. The predicted octanol–water partition coefficient (Wildman–Crippen LogP) is 1.63. The molecule has 1 atom stereocenters. The van der Waals surface area contributed by atoms with Crippen LogP contribution >= 0.6 is 0 Å². The van der Waals surface area contributed by atoms with Crippen LogP contribution in [-0.4, -0.2) is 25.1 Å². The molecule has 1 aliphatic carbocycles. The zero-order chi connectivity index (χ0) is 8.27. The molecule has 0 bridgehead atoms. The van der Waals surface area contributed by atoms with Crippen LogP contribution in [0.5, 0.6) is 0 Å². The number of nitrogens with one attached hydrogen (secondary N) is 1. The maximum absolute atomic E-state index is 3.38. The van der Waals surface area contributed by atoms with Crippen LogP contribution in [0, 0.1) is 5.92 Å². The Hall–Kier alpha value is -0.0800. The van der Waals surface area contributed by atoms with Crippen LogP contribution in [0.2, 0.25) is 0 Å². The summed E-state index contributed by atoms with van der Waals surface area (Å²) >= 11 is 0. The average molecular weight is 156 g/mol. The molecule has 66 valence electrons. The van der Waals surface area contributed by atoms with Crippen molar-refractivity contribution in [1.29, 1.82) is 0 Å². The third-order valence-electron chi connectivity index (χ3n) is 2.39.